The van der Waals surface area contributed by atoms with Crippen molar-refractivity contribution in [2.24, 2.45) is 0 Å². The van der Waals surface area contributed by atoms with Crippen LogP contribution in [0.15, 0.2) is 0 Å². The average Bonchev–Trinajstić information content (AvgIpc) is 1.27. The van der Waals surface area contributed by atoms with E-state index in [0.717, 1.165) is 0 Å². The number of rotatable bonds is 2. The van der Waals surface area contributed by atoms with E-state index in [0.29, 0.717) is 0 Å². The van der Waals surface area contributed by atoms with Crippen LogP contribution in [0.3, 0.4) is 0 Å². The summed E-state index contributed by atoms with van der Waals surface area (Å²) in [5.74, 6) is 0. The Balaban J connectivity index is 2.95. The topological polar surface area (TPSA) is 101 Å². The van der Waals surface area contributed by atoms with Crippen molar-refractivity contribution in [3.63, 3.8) is 0 Å². The second-order valence-corrected chi connectivity index (χ2v) is 0.713. The molecule has 0 saturated carbocycles. The standard InChI is InChI=1S/B2O5/c3-1(4)7-2(5)6/q-4. The van der Waals surface area contributed by atoms with Crippen molar-refractivity contribution in [3.8, 4) is 0 Å². The minimum atomic E-state index is -2.75. The number of hydrogen-bond donors (Lipinski definition) is 0. The highest BCUT2D eigenvalue weighted by Crippen LogP contribution is 1.57. The molecule has 0 aromatic carbocycles. The molecule has 0 radical (unpaired) electrons. The van der Waals surface area contributed by atoms with Crippen molar-refractivity contribution < 1.29 is 24.7 Å². The molecule has 0 fully saturated rings. The molecule has 40 valence electrons. The van der Waals surface area contributed by atoms with E-state index in [2.05, 4.69) is 4.57 Å². The summed E-state index contributed by atoms with van der Waals surface area (Å²) in [5.41, 5.74) is 0. The molecule has 0 spiro atoms. The van der Waals surface area contributed by atoms with Crippen LogP contribution in [0, 0.1) is 0 Å². The van der Waals surface area contributed by atoms with Gasteiger partial charge in [-0.1, -0.05) is 0 Å². The summed E-state index contributed by atoms with van der Waals surface area (Å²) in [7, 11) is -5.50. The Kier molecular flexibility index (Phi) is 2.97. The van der Waals surface area contributed by atoms with Gasteiger partial charge < -0.3 is 24.7 Å². The third-order valence-electron chi connectivity index (χ3n) is 0.222. The minimum Gasteiger partial charge on any atom is -0.872 e. The van der Waals surface area contributed by atoms with Gasteiger partial charge in [0.25, 0.3) is 0 Å². The van der Waals surface area contributed by atoms with E-state index >= 15 is 0 Å². The van der Waals surface area contributed by atoms with Gasteiger partial charge in [0, 0.05) is 14.6 Å². The first-order chi connectivity index (χ1) is 3.13. The van der Waals surface area contributed by atoms with Crippen molar-refractivity contribution in [3.05, 3.63) is 0 Å². The van der Waals surface area contributed by atoms with E-state index < -0.39 is 14.6 Å². The maximum Gasteiger partial charge on any atom is 0.0280 e. The molecule has 0 atom stereocenters. The Labute approximate surface area is 40.5 Å². The van der Waals surface area contributed by atoms with Gasteiger partial charge in [0.2, 0.25) is 0 Å². The predicted molar refractivity (Wildman–Crippen MR) is 12.6 cm³/mol. The highest BCUT2D eigenvalue weighted by molar-refractivity contribution is 6.44. The van der Waals surface area contributed by atoms with Gasteiger partial charge in [-0.25, -0.2) is 0 Å². The first-order valence-corrected chi connectivity index (χ1v) is 1.41. The lowest BCUT2D eigenvalue weighted by Gasteiger charge is -2.39. The van der Waals surface area contributed by atoms with Crippen LogP contribution in [0.4, 0.5) is 0 Å². The fourth-order valence-corrected chi connectivity index (χ4v) is 0.0907. The Morgan fingerprint density at radius 2 is 1.14 bits per heavy atom. The van der Waals surface area contributed by atoms with Gasteiger partial charge >= 0.3 is 0 Å². The largest absolute Gasteiger partial charge is 0.872 e. The third kappa shape index (κ3) is 5.93. The zero-order valence-corrected chi connectivity index (χ0v) is 3.20. The summed E-state index contributed by atoms with van der Waals surface area (Å²) < 4.78 is 3.03. The van der Waals surface area contributed by atoms with Crippen molar-refractivity contribution in [1.82, 2.24) is 0 Å². The SMILES string of the molecule is [O-]B([O-])OB([O-])[O-]. The molecule has 0 saturated heterocycles. The van der Waals surface area contributed by atoms with Crippen LogP contribution < -0.4 is 20.1 Å². The summed E-state index contributed by atoms with van der Waals surface area (Å²) in [6, 6.07) is 0. The highest BCUT2D eigenvalue weighted by Gasteiger charge is 1.70. The second-order valence-electron chi connectivity index (χ2n) is 0.713. The molecule has 0 N–H and O–H groups in total. The highest BCUT2D eigenvalue weighted by atomic mass is 16.7. The maximum atomic E-state index is 9.16. The molecule has 0 aliphatic heterocycles. The molecule has 0 aliphatic carbocycles. The summed E-state index contributed by atoms with van der Waals surface area (Å²) in [6.07, 6.45) is 0. The molecule has 0 heterocycles. The third-order valence-corrected chi connectivity index (χ3v) is 0.222. The van der Waals surface area contributed by atoms with Crippen molar-refractivity contribution in [2.75, 3.05) is 0 Å². The van der Waals surface area contributed by atoms with Crippen LogP contribution in [0.1, 0.15) is 0 Å². The first-order valence-electron chi connectivity index (χ1n) is 1.41. The lowest BCUT2D eigenvalue weighted by molar-refractivity contribution is -0.411. The monoisotopic (exact) mass is 102 g/mol. The van der Waals surface area contributed by atoms with E-state index in [1.165, 1.54) is 0 Å². The number of hydrogen-bond acceptors (Lipinski definition) is 5. The average molecular weight is 102 g/mol. The predicted octanol–water partition coefficient (Wildman–Crippen LogP) is -5.59. The smallest absolute Gasteiger partial charge is 0.0280 e. The molecule has 7 heteroatoms. The Hall–Kier alpha value is -0.0701. The molecule has 5 nitrogen and oxygen atoms in total. The Morgan fingerprint density at radius 3 is 1.14 bits per heavy atom. The van der Waals surface area contributed by atoms with Crippen LogP contribution in [0.25, 0.3) is 0 Å². The molecule has 0 aromatic heterocycles. The van der Waals surface area contributed by atoms with E-state index in [1.54, 1.807) is 0 Å². The van der Waals surface area contributed by atoms with E-state index in [-0.39, 0.29) is 0 Å². The van der Waals surface area contributed by atoms with Gasteiger partial charge in [0.1, 0.15) is 0 Å². The molecule has 0 rings (SSSR count). The zero-order valence-electron chi connectivity index (χ0n) is 3.20. The van der Waals surface area contributed by atoms with E-state index in [1.807, 2.05) is 0 Å². The van der Waals surface area contributed by atoms with Gasteiger partial charge in [-0.3, -0.25) is 0 Å². The van der Waals surface area contributed by atoms with Crippen LogP contribution in [0.2, 0.25) is 0 Å². The van der Waals surface area contributed by atoms with Crippen LogP contribution in [-0.4, -0.2) is 14.6 Å². The summed E-state index contributed by atoms with van der Waals surface area (Å²) in [6.45, 7) is 0. The van der Waals surface area contributed by atoms with Gasteiger partial charge in [-0.05, 0) is 0 Å². The molecule has 0 amide bonds. The van der Waals surface area contributed by atoms with Crippen LogP contribution in [-0.2, 0) is 4.57 Å². The molecular formula is B2O5-4. The van der Waals surface area contributed by atoms with Gasteiger partial charge in [-0.2, -0.15) is 0 Å². The van der Waals surface area contributed by atoms with Gasteiger partial charge in [0.15, 0.2) is 0 Å². The maximum absolute atomic E-state index is 9.16. The van der Waals surface area contributed by atoms with Gasteiger partial charge in [0.05, 0.1) is 0 Å². The lowest BCUT2D eigenvalue weighted by atomic mass is 10.1. The molecule has 0 unspecified atom stereocenters. The van der Waals surface area contributed by atoms with Gasteiger partial charge in [-0.15, -0.1) is 0 Å². The fraction of sp³-hybridized carbons (Fsp3) is 0. The quantitative estimate of drug-likeness (QED) is 0.323. The summed E-state index contributed by atoms with van der Waals surface area (Å²) >= 11 is 0. The fourth-order valence-electron chi connectivity index (χ4n) is 0.0907. The van der Waals surface area contributed by atoms with Crippen LogP contribution >= 0.6 is 0 Å². The van der Waals surface area contributed by atoms with Crippen molar-refractivity contribution in [2.45, 2.75) is 0 Å². The van der Waals surface area contributed by atoms with Crippen molar-refractivity contribution >= 4 is 14.6 Å². The van der Waals surface area contributed by atoms with E-state index in [9.17, 15) is 0 Å². The normalized spacial score (nSPS) is 8.57. The minimum absolute atomic E-state index is 2.75. The molecule has 0 aliphatic rings. The summed E-state index contributed by atoms with van der Waals surface area (Å²) in [4.78, 5) is 0. The van der Waals surface area contributed by atoms with E-state index in [4.69, 9.17) is 20.1 Å². The van der Waals surface area contributed by atoms with Crippen LogP contribution in [0.5, 0.6) is 0 Å². The Morgan fingerprint density at radius 1 is 0.857 bits per heavy atom. The zero-order chi connectivity index (χ0) is 5.86. The Bertz CT molecular complexity index is 35.3. The molecule has 0 aromatic rings. The molecule has 7 heavy (non-hydrogen) atoms. The first kappa shape index (κ1) is 6.93. The molecular weight excluding hydrogens is 102 g/mol. The molecule has 0 bridgehead atoms. The van der Waals surface area contributed by atoms with Crippen molar-refractivity contribution in [1.29, 1.82) is 0 Å². The second kappa shape index (κ2) is 3.00. The summed E-state index contributed by atoms with van der Waals surface area (Å²) in [5, 5.41) is 36.6. The lowest BCUT2D eigenvalue weighted by Crippen LogP contribution is -2.59.